The number of carboxylic acid groups (broad SMARTS) is 1. The molecule has 74 valence electrons. The largest absolute Gasteiger partial charge is 0.481 e. The van der Waals surface area contributed by atoms with E-state index in [9.17, 15) is 4.79 Å². The van der Waals surface area contributed by atoms with E-state index in [1.165, 1.54) is 0 Å². The van der Waals surface area contributed by atoms with Crippen molar-refractivity contribution in [2.45, 2.75) is 12.8 Å². The van der Waals surface area contributed by atoms with Gasteiger partial charge in [-0.15, -0.1) is 6.58 Å². The fourth-order valence-electron chi connectivity index (χ4n) is 1.38. The molecule has 0 spiro atoms. The molecule has 0 aliphatic carbocycles. The summed E-state index contributed by atoms with van der Waals surface area (Å²) in [6.07, 6.45) is 2.61. The fourth-order valence-corrected chi connectivity index (χ4v) is 1.38. The zero-order chi connectivity index (χ0) is 10.4. The Morgan fingerprint density at radius 1 is 1.43 bits per heavy atom. The van der Waals surface area contributed by atoms with E-state index in [0.29, 0.717) is 0 Å². The minimum atomic E-state index is -0.772. The first-order valence-electron chi connectivity index (χ1n) is 4.60. The highest BCUT2D eigenvalue weighted by Crippen LogP contribution is 2.12. The van der Waals surface area contributed by atoms with Crippen LogP contribution in [0.15, 0.2) is 43.0 Å². The molecule has 0 heterocycles. The first-order valence-corrected chi connectivity index (χ1v) is 4.60. The molecule has 1 unspecified atom stereocenters. The Labute approximate surface area is 83.9 Å². The van der Waals surface area contributed by atoms with E-state index < -0.39 is 5.97 Å². The summed E-state index contributed by atoms with van der Waals surface area (Å²) in [6, 6.07) is 9.85. The Morgan fingerprint density at radius 3 is 2.57 bits per heavy atom. The van der Waals surface area contributed by atoms with Crippen molar-refractivity contribution in [1.29, 1.82) is 0 Å². The van der Waals surface area contributed by atoms with Crippen molar-refractivity contribution in [1.82, 2.24) is 0 Å². The van der Waals surface area contributed by atoms with Crippen LogP contribution in [0, 0.1) is 5.92 Å². The molecule has 0 saturated carbocycles. The Bertz CT molecular complexity index is 303. The molecule has 14 heavy (non-hydrogen) atoms. The van der Waals surface area contributed by atoms with Crippen molar-refractivity contribution in [3.05, 3.63) is 48.6 Å². The Hall–Kier alpha value is -1.57. The summed E-state index contributed by atoms with van der Waals surface area (Å²) in [5.74, 6) is -0.749. The molecule has 2 heteroatoms. The molecule has 1 N–H and O–H groups in total. The van der Waals surface area contributed by atoms with Crippen LogP contribution in [0.3, 0.4) is 0 Å². The number of allylic oxidation sites excluding steroid dienone is 1. The molecule has 0 aliphatic rings. The molecule has 0 bridgehead atoms. The second-order valence-electron chi connectivity index (χ2n) is 3.28. The molecule has 1 aromatic carbocycles. The molecule has 0 radical (unpaired) electrons. The topological polar surface area (TPSA) is 37.3 Å². The third-order valence-electron chi connectivity index (χ3n) is 2.11. The molecule has 1 rings (SSSR count). The maximum atomic E-state index is 10.5. The highest BCUT2D eigenvalue weighted by Gasteiger charge is 2.09. The molecule has 0 aromatic heterocycles. The number of hydrogen-bond donors (Lipinski definition) is 1. The molecular weight excluding hydrogens is 176 g/mol. The normalized spacial score (nSPS) is 12.0. The quantitative estimate of drug-likeness (QED) is 0.724. The van der Waals surface area contributed by atoms with E-state index in [1.807, 2.05) is 30.3 Å². The van der Waals surface area contributed by atoms with Crippen LogP contribution in [-0.2, 0) is 11.2 Å². The second kappa shape index (κ2) is 5.22. The molecule has 1 aromatic rings. The van der Waals surface area contributed by atoms with Crippen LogP contribution < -0.4 is 0 Å². The van der Waals surface area contributed by atoms with Gasteiger partial charge in [0.2, 0.25) is 0 Å². The summed E-state index contributed by atoms with van der Waals surface area (Å²) in [5.41, 5.74) is 1.15. The van der Waals surface area contributed by atoms with Gasteiger partial charge in [-0.25, -0.2) is 0 Å². The van der Waals surface area contributed by atoms with Crippen molar-refractivity contribution in [3.63, 3.8) is 0 Å². The summed E-state index contributed by atoms with van der Waals surface area (Å²) >= 11 is 0. The monoisotopic (exact) mass is 190 g/mol. The number of carbonyl (C=O) groups is 1. The highest BCUT2D eigenvalue weighted by atomic mass is 16.4. The fraction of sp³-hybridized carbons (Fsp3) is 0.250. The van der Waals surface area contributed by atoms with Crippen molar-refractivity contribution in [3.8, 4) is 0 Å². The lowest BCUT2D eigenvalue weighted by molar-refractivity contribution is -0.137. The van der Waals surface area contributed by atoms with Crippen LogP contribution in [0.25, 0.3) is 0 Å². The van der Waals surface area contributed by atoms with Gasteiger partial charge in [-0.1, -0.05) is 36.4 Å². The van der Waals surface area contributed by atoms with Gasteiger partial charge in [0.15, 0.2) is 0 Å². The molecule has 1 atom stereocenters. The average molecular weight is 190 g/mol. The van der Waals surface area contributed by atoms with Gasteiger partial charge in [0.05, 0.1) is 6.42 Å². The Kier molecular flexibility index (Phi) is 3.92. The van der Waals surface area contributed by atoms with Crippen LogP contribution in [0.2, 0.25) is 0 Å². The molecule has 2 nitrogen and oxygen atoms in total. The van der Waals surface area contributed by atoms with Gasteiger partial charge in [0, 0.05) is 0 Å². The number of carboxylic acids is 1. The maximum Gasteiger partial charge on any atom is 0.303 e. The predicted molar refractivity (Wildman–Crippen MR) is 56.1 cm³/mol. The molecule has 0 amide bonds. The number of rotatable bonds is 5. The highest BCUT2D eigenvalue weighted by molar-refractivity contribution is 5.67. The van der Waals surface area contributed by atoms with Gasteiger partial charge in [-0.3, -0.25) is 4.79 Å². The van der Waals surface area contributed by atoms with E-state index >= 15 is 0 Å². The van der Waals surface area contributed by atoms with Crippen LogP contribution in [0.1, 0.15) is 12.0 Å². The van der Waals surface area contributed by atoms with E-state index in [0.717, 1.165) is 12.0 Å². The average Bonchev–Trinajstić information content (AvgIpc) is 2.17. The van der Waals surface area contributed by atoms with Crippen molar-refractivity contribution < 1.29 is 9.90 Å². The number of hydrogen-bond acceptors (Lipinski definition) is 1. The van der Waals surface area contributed by atoms with Crippen LogP contribution >= 0.6 is 0 Å². The van der Waals surface area contributed by atoms with Crippen LogP contribution in [0.4, 0.5) is 0 Å². The third-order valence-corrected chi connectivity index (χ3v) is 2.11. The summed E-state index contributed by atoms with van der Waals surface area (Å²) in [7, 11) is 0. The van der Waals surface area contributed by atoms with Gasteiger partial charge in [-0.05, 0) is 17.9 Å². The lowest BCUT2D eigenvalue weighted by Crippen LogP contribution is -2.07. The SMILES string of the molecule is C=CC(CC(=O)O)Cc1ccccc1. The van der Waals surface area contributed by atoms with E-state index in [2.05, 4.69) is 6.58 Å². The van der Waals surface area contributed by atoms with Crippen LogP contribution in [-0.4, -0.2) is 11.1 Å². The van der Waals surface area contributed by atoms with Gasteiger partial charge >= 0.3 is 5.97 Å². The van der Waals surface area contributed by atoms with Crippen molar-refractivity contribution in [2.24, 2.45) is 5.92 Å². The van der Waals surface area contributed by atoms with Crippen molar-refractivity contribution in [2.75, 3.05) is 0 Å². The number of benzene rings is 1. The van der Waals surface area contributed by atoms with E-state index in [1.54, 1.807) is 6.08 Å². The van der Waals surface area contributed by atoms with Gasteiger partial charge in [0.1, 0.15) is 0 Å². The Morgan fingerprint density at radius 2 is 2.07 bits per heavy atom. The molecule has 0 fully saturated rings. The molecule has 0 aliphatic heterocycles. The summed E-state index contributed by atoms with van der Waals surface area (Å²) in [6.45, 7) is 3.65. The van der Waals surface area contributed by atoms with Crippen LogP contribution in [0.5, 0.6) is 0 Å². The van der Waals surface area contributed by atoms with E-state index in [-0.39, 0.29) is 12.3 Å². The van der Waals surface area contributed by atoms with Gasteiger partial charge in [-0.2, -0.15) is 0 Å². The van der Waals surface area contributed by atoms with Crippen molar-refractivity contribution >= 4 is 5.97 Å². The van der Waals surface area contributed by atoms with Gasteiger partial charge in [0.25, 0.3) is 0 Å². The summed E-state index contributed by atoms with van der Waals surface area (Å²) < 4.78 is 0. The standard InChI is InChI=1S/C12H14O2/c1-2-10(9-12(13)14)8-11-6-4-3-5-7-11/h2-7,10H,1,8-9H2,(H,13,14). The van der Waals surface area contributed by atoms with Gasteiger partial charge < -0.3 is 5.11 Å². The summed E-state index contributed by atoms with van der Waals surface area (Å²) in [4.78, 5) is 10.5. The first kappa shape index (κ1) is 10.5. The minimum Gasteiger partial charge on any atom is -0.481 e. The maximum absolute atomic E-state index is 10.5. The lowest BCUT2D eigenvalue weighted by atomic mass is 9.96. The summed E-state index contributed by atoms with van der Waals surface area (Å²) in [5, 5.41) is 8.65. The zero-order valence-corrected chi connectivity index (χ0v) is 8.02. The minimum absolute atomic E-state index is 0.0231. The predicted octanol–water partition coefficient (Wildman–Crippen LogP) is 2.51. The van der Waals surface area contributed by atoms with E-state index in [4.69, 9.17) is 5.11 Å². The lowest BCUT2D eigenvalue weighted by Gasteiger charge is -2.09. The third kappa shape index (κ3) is 3.44. The molecular formula is C12H14O2. The smallest absolute Gasteiger partial charge is 0.303 e. The Balaban J connectivity index is 2.57. The first-order chi connectivity index (χ1) is 6.72. The second-order valence-corrected chi connectivity index (χ2v) is 3.28. The molecule has 0 saturated heterocycles. The number of aliphatic carboxylic acids is 1. The zero-order valence-electron chi connectivity index (χ0n) is 8.02.